The average Bonchev–Trinajstić information content (AvgIpc) is 2.88. The number of nitrogens with zero attached hydrogens (tertiary/aromatic N) is 2. The lowest BCUT2D eigenvalue weighted by atomic mass is 10.1. The van der Waals surface area contributed by atoms with Gasteiger partial charge in [0.15, 0.2) is 0 Å². The Kier molecular flexibility index (Phi) is 5.16. The Balaban J connectivity index is 2.01. The summed E-state index contributed by atoms with van der Waals surface area (Å²) in [5.74, 6) is 0.328. The van der Waals surface area contributed by atoms with Gasteiger partial charge in [-0.3, -0.25) is 4.90 Å². The molecule has 0 bridgehead atoms. The van der Waals surface area contributed by atoms with Crippen LogP contribution in [0.2, 0.25) is 0 Å². The van der Waals surface area contributed by atoms with Crippen LogP contribution in [-0.2, 0) is 10.0 Å². The Morgan fingerprint density at radius 2 is 2.18 bits per heavy atom. The van der Waals surface area contributed by atoms with Crippen LogP contribution in [0, 0.1) is 5.92 Å². The van der Waals surface area contributed by atoms with Gasteiger partial charge in [-0.15, -0.1) is 0 Å². The lowest BCUT2D eigenvalue weighted by molar-refractivity contribution is 0.168. The van der Waals surface area contributed by atoms with Gasteiger partial charge in [0.25, 0.3) is 0 Å². The Morgan fingerprint density at radius 3 is 2.77 bits per heavy atom. The second-order valence-corrected chi connectivity index (χ2v) is 9.31. The van der Waals surface area contributed by atoms with Crippen LogP contribution in [0.25, 0.3) is 0 Å². The fourth-order valence-corrected chi connectivity index (χ4v) is 4.26. The fourth-order valence-electron chi connectivity index (χ4n) is 2.56. The van der Waals surface area contributed by atoms with Crippen molar-refractivity contribution < 1.29 is 8.42 Å². The second kappa shape index (κ2) is 6.43. The van der Waals surface area contributed by atoms with Crippen LogP contribution in [0.4, 0.5) is 5.82 Å². The van der Waals surface area contributed by atoms with Crippen LogP contribution in [0.1, 0.15) is 27.2 Å². The Bertz CT molecular complexity index is 643. The van der Waals surface area contributed by atoms with E-state index in [2.05, 4.69) is 51.3 Å². The highest BCUT2D eigenvalue weighted by Crippen LogP contribution is 2.25. The van der Waals surface area contributed by atoms with Gasteiger partial charge in [0, 0.05) is 29.3 Å². The van der Waals surface area contributed by atoms with Gasteiger partial charge in [-0.2, -0.15) is 0 Å². The molecule has 0 saturated carbocycles. The Morgan fingerprint density at radius 1 is 1.50 bits per heavy atom. The third-order valence-corrected chi connectivity index (χ3v) is 5.82. The van der Waals surface area contributed by atoms with E-state index in [-0.39, 0.29) is 16.3 Å². The smallest absolute Gasteiger partial charge is 0.244 e. The van der Waals surface area contributed by atoms with Gasteiger partial charge in [-0.05, 0) is 61.7 Å². The zero-order valence-electron chi connectivity index (χ0n) is 13.1. The zero-order chi connectivity index (χ0) is 16.5. The van der Waals surface area contributed by atoms with Crippen molar-refractivity contribution in [3.63, 3.8) is 0 Å². The van der Waals surface area contributed by atoms with Gasteiger partial charge < -0.3 is 5.73 Å². The molecule has 0 unspecified atom stereocenters. The maximum absolute atomic E-state index is 12.4. The largest absolute Gasteiger partial charge is 0.383 e. The zero-order valence-corrected chi connectivity index (χ0v) is 15.5. The van der Waals surface area contributed by atoms with Crippen LogP contribution in [0.5, 0.6) is 0 Å². The lowest BCUT2D eigenvalue weighted by Gasteiger charge is -2.31. The predicted octanol–water partition coefficient (Wildman–Crippen LogP) is 1.82. The van der Waals surface area contributed by atoms with Crippen LogP contribution in [0.15, 0.2) is 21.6 Å². The van der Waals surface area contributed by atoms with Crippen molar-refractivity contribution in [3.05, 3.63) is 16.7 Å². The Hall–Kier alpha value is -0.700. The van der Waals surface area contributed by atoms with Gasteiger partial charge >= 0.3 is 0 Å². The number of nitrogen functional groups attached to an aromatic ring is 1. The molecule has 1 aromatic heterocycles. The number of halogens is 1. The van der Waals surface area contributed by atoms with Crippen molar-refractivity contribution in [2.75, 3.05) is 25.4 Å². The molecule has 8 heteroatoms. The average molecular weight is 391 g/mol. The maximum atomic E-state index is 12.4. The first-order valence-corrected chi connectivity index (χ1v) is 9.53. The summed E-state index contributed by atoms with van der Waals surface area (Å²) in [6, 6.07) is 1.47. The van der Waals surface area contributed by atoms with Crippen molar-refractivity contribution >= 4 is 31.8 Å². The molecule has 0 spiro atoms. The van der Waals surface area contributed by atoms with Crippen molar-refractivity contribution in [3.8, 4) is 0 Å². The number of aromatic nitrogens is 1. The number of likely N-dealkylation sites (tertiary alicyclic amines) is 1. The number of hydrogen-bond donors (Lipinski definition) is 2. The van der Waals surface area contributed by atoms with Gasteiger partial charge in [0.2, 0.25) is 10.0 Å². The van der Waals surface area contributed by atoms with Crippen LogP contribution >= 0.6 is 15.9 Å². The van der Waals surface area contributed by atoms with Crippen molar-refractivity contribution in [1.29, 1.82) is 0 Å². The van der Waals surface area contributed by atoms with E-state index < -0.39 is 10.0 Å². The summed E-state index contributed by atoms with van der Waals surface area (Å²) in [4.78, 5) is 6.27. The predicted molar refractivity (Wildman–Crippen MR) is 91.0 cm³/mol. The number of nitrogens with two attached hydrogens (primary N) is 1. The number of anilines is 1. The molecular formula is C14H23BrN4O2S. The number of sulfonamides is 1. The van der Waals surface area contributed by atoms with Crippen LogP contribution < -0.4 is 10.5 Å². The summed E-state index contributed by atoms with van der Waals surface area (Å²) in [6.07, 6.45) is 2.47. The SMILES string of the molecule is CC(C)(C)N1CC[C@H](CNS(=O)(=O)c2cc(Br)cnc2N)C1. The maximum Gasteiger partial charge on any atom is 0.244 e. The van der Waals surface area contributed by atoms with Crippen molar-refractivity contribution in [2.24, 2.45) is 5.92 Å². The van der Waals surface area contributed by atoms with E-state index in [9.17, 15) is 8.42 Å². The third-order valence-electron chi connectivity index (χ3n) is 3.93. The van der Waals surface area contributed by atoms with E-state index in [1.807, 2.05) is 0 Å². The first-order chi connectivity index (χ1) is 10.1. The van der Waals surface area contributed by atoms with E-state index in [1.54, 1.807) is 0 Å². The molecule has 2 heterocycles. The normalized spacial score (nSPS) is 20.5. The summed E-state index contributed by atoms with van der Waals surface area (Å²) in [5, 5.41) is 0. The molecule has 0 aromatic carbocycles. The minimum Gasteiger partial charge on any atom is -0.383 e. The minimum atomic E-state index is -3.64. The molecule has 1 atom stereocenters. The second-order valence-electron chi connectivity index (χ2n) is 6.66. The third kappa shape index (κ3) is 4.18. The summed E-state index contributed by atoms with van der Waals surface area (Å²) in [7, 11) is -3.64. The quantitative estimate of drug-likeness (QED) is 0.818. The van der Waals surface area contributed by atoms with Gasteiger partial charge in [0.05, 0.1) is 0 Å². The molecule has 0 aliphatic carbocycles. The number of rotatable bonds is 4. The fraction of sp³-hybridized carbons (Fsp3) is 0.643. The van der Waals surface area contributed by atoms with E-state index in [0.29, 0.717) is 16.9 Å². The topological polar surface area (TPSA) is 88.3 Å². The molecule has 1 fully saturated rings. The summed E-state index contributed by atoms with van der Waals surface area (Å²) in [5.41, 5.74) is 5.80. The summed E-state index contributed by atoms with van der Waals surface area (Å²) >= 11 is 3.22. The standard InChI is InChI=1S/C14H23BrN4O2S/c1-14(2,3)19-5-4-10(9-19)7-18-22(20,21)12-6-11(15)8-17-13(12)16/h6,8,10,18H,4-5,7,9H2,1-3H3,(H2,16,17)/t10-/m1/s1. The Labute approximate surface area is 140 Å². The molecule has 1 aliphatic rings. The highest BCUT2D eigenvalue weighted by molar-refractivity contribution is 9.10. The number of nitrogens with one attached hydrogen (secondary N) is 1. The first-order valence-electron chi connectivity index (χ1n) is 7.25. The van der Waals surface area contributed by atoms with Gasteiger partial charge in [0.1, 0.15) is 10.7 Å². The molecule has 3 N–H and O–H groups in total. The van der Waals surface area contributed by atoms with Crippen molar-refractivity contribution in [1.82, 2.24) is 14.6 Å². The molecular weight excluding hydrogens is 368 g/mol. The van der Waals surface area contributed by atoms with Gasteiger partial charge in [-0.25, -0.2) is 18.1 Å². The lowest BCUT2D eigenvalue weighted by Crippen LogP contribution is -2.40. The van der Waals surface area contributed by atoms with Gasteiger partial charge in [-0.1, -0.05) is 0 Å². The molecule has 1 aliphatic heterocycles. The highest BCUT2D eigenvalue weighted by Gasteiger charge is 2.31. The molecule has 1 saturated heterocycles. The molecule has 0 amide bonds. The van der Waals surface area contributed by atoms with E-state index in [4.69, 9.17) is 5.73 Å². The van der Waals surface area contributed by atoms with E-state index in [0.717, 1.165) is 19.5 Å². The van der Waals surface area contributed by atoms with Crippen molar-refractivity contribution in [2.45, 2.75) is 37.6 Å². The molecule has 1 aromatic rings. The number of pyridine rings is 1. The van der Waals surface area contributed by atoms with Crippen LogP contribution in [-0.4, -0.2) is 43.5 Å². The summed E-state index contributed by atoms with van der Waals surface area (Å²) in [6.45, 7) is 8.84. The van der Waals surface area contributed by atoms with E-state index in [1.165, 1.54) is 12.3 Å². The number of hydrogen-bond acceptors (Lipinski definition) is 5. The van der Waals surface area contributed by atoms with E-state index >= 15 is 0 Å². The molecule has 0 radical (unpaired) electrons. The molecule has 2 rings (SSSR count). The molecule has 124 valence electrons. The minimum absolute atomic E-state index is 0.0124. The highest BCUT2D eigenvalue weighted by atomic mass is 79.9. The monoisotopic (exact) mass is 390 g/mol. The van der Waals surface area contributed by atoms with Crippen LogP contribution in [0.3, 0.4) is 0 Å². The first kappa shape index (κ1) is 17.7. The molecule has 22 heavy (non-hydrogen) atoms. The summed E-state index contributed by atoms with van der Waals surface area (Å²) < 4.78 is 28.0. The molecule has 6 nitrogen and oxygen atoms in total.